The molecule has 0 fully saturated rings. The molecule has 0 saturated heterocycles. The molecule has 336 valence electrons. The van der Waals surface area contributed by atoms with Crippen molar-refractivity contribution in [3.8, 4) is 0 Å². The van der Waals surface area contributed by atoms with E-state index in [1.807, 2.05) is 0 Å². The fourth-order valence-electron chi connectivity index (χ4n) is 7.14. The van der Waals surface area contributed by atoms with Crippen LogP contribution in [0.15, 0.2) is 139 Å². The molecule has 0 saturated carbocycles. The third-order valence-electron chi connectivity index (χ3n) is 10.00. The SMILES string of the molecule is O=C(Nc1ccc2c(c1)C=C(S(=O)(=O)[O-])/C(=N\Nc1cccc3c(S(=O)(=O)[O-])cccc13)C2=O)Nc1ccc2c(c1)C=C(S(=O)(=O)[O-])/C(=N/Nc1cccc3c(S(=O)(=O)[O-])cccc13)C2=O.[Na+].[Na+].[Na+].[Na+]. The van der Waals surface area contributed by atoms with E-state index >= 15 is 0 Å². The predicted molar refractivity (Wildman–Crippen MR) is 235 cm³/mol. The van der Waals surface area contributed by atoms with Gasteiger partial charge in [-0.2, -0.15) is 10.2 Å². The zero-order chi connectivity index (χ0) is 47.5. The topological polar surface area (TPSA) is 353 Å². The van der Waals surface area contributed by atoms with Crippen LogP contribution in [0, 0.1) is 0 Å². The van der Waals surface area contributed by atoms with Crippen molar-refractivity contribution >= 4 is 126 Å². The number of hydrogen-bond acceptors (Lipinski definition) is 19. The second-order valence-electron chi connectivity index (χ2n) is 14.1. The smallest absolute Gasteiger partial charge is 0.744 e. The van der Waals surface area contributed by atoms with Crippen LogP contribution in [0.2, 0.25) is 0 Å². The van der Waals surface area contributed by atoms with Gasteiger partial charge in [-0.25, -0.2) is 38.5 Å². The molecule has 2 amide bonds. The molecule has 6 aromatic rings. The summed E-state index contributed by atoms with van der Waals surface area (Å²) in [6.07, 6.45) is 1.71. The van der Waals surface area contributed by atoms with Gasteiger partial charge in [0.15, 0.2) is 0 Å². The number of nitrogens with one attached hydrogen (secondary N) is 4. The maximum absolute atomic E-state index is 13.6. The van der Waals surface area contributed by atoms with Crippen LogP contribution in [0.25, 0.3) is 33.7 Å². The second-order valence-corrected chi connectivity index (χ2v) is 19.5. The van der Waals surface area contributed by atoms with E-state index in [9.17, 15) is 66.3 Å². The number of hydrogen-bond donors (Lipinski definition) is 4. The first-order chi connectivity index (χ1) is 31.0. The number of anilines is 4. The van der Waals surface area contributed by atoms with Gasteiger partial charge in [0.1, 0.15) is 51.9 Å². The number of rotatable bonds is 10. The van der Waals surface area contributed by atoms with Gasteiger partial charge in [-0.05, 0) is 83.9 Å². The van der Waals surface area contributed by atoms with Gasteiger partial charge in [-0.1, -0.05) is 48.5 Å². The Morgan fingerprint density at radius 1 is 0.443 bits per heavy atom. The number of Topliss-reactive ketones (excluding diaryl/α,β-unsaturated/α-hetero) is 2. The molecule has 0 spiro atoms. The summed E-state index contributed by atoms with van der Waals surface area (Å²) in [6, 6.07) is 22.2. The largest absolute Gasteiger partial charge is 1.00 e. The van der Waals surface area contributed by atoms with Crippen LogP contribution in [-0.2, 0) is 40.5 Å². The van der Waals surface area contributed by atoms with Crippen molar-refractivity contribution in [3.63, 3.8) is 0 Å². The molecule has 29 heteroatoms. The van der Waals surface area contributed by atoms with E-state index in [4.69, 9.17) is 0 Å². The Labute approximate surface area is 486 Å². The van der Waals surface area contributed by atoms with E-state index in [0.29, 0.717) is 0 Å². The molecule has 0 bridgehead atoms. The summed E-state index contributed by atoms with van der Waals surface area (Å²) in [5.41, 5.74) is 2.89. The number of benzene rings is 6. The molecule has 0 heterocycles. The minimum absolute atomic E-state index is 0. The van der Waals surface area contributed by atoms with Crippen LogP contribution in [0.5, 0.6) is 0 Å². The summed E-state index contributed by atoms with van der Waals surface area (Å²) in [7, 11) is -20.6. The number of urea groups is 1. The van der Waals surface area contributed by atoms with E-state index in [-0.39, 0.29) is 185 Å². The molecule has 21 nitrogen and oxygen atoms in total. The molecular formula is C41H24N6Na4O15S4. The monoisotopic (exact) mass is 1060 g/mol. The van der Waals surface area contributed by atoms with Crippen molar-refractivity contribution in [2.45, 2.75) is 9.79 Å². The fraction of sp³-hybridized carbons (Fsp3) is 0. The first kappa shape index (κ1) is 59.1. The van der Waals surface area contributed by atoms with Crippen molar-refractivity contribution in [1.29, 1.82) is 0 Å². The van der Waals surface area contributed by atoms with E-state index in [1.165, 1.54) is 97.1 Å². The molecule has 8 rings (SSSR count). The Bertz CT molecular complexity index is 3550. The molecule has 2 aliphatic rings. The average Bonchev–Trinajstić information content (AvgIpc) is 3.23. The number of nitrogens with zero attached hydrogens (tertiary/aromatic N) is 2. The molecule has 0 atom stereocenters. The van der Waals surface area contributed by atoms with Crippen molar-refractivity contribution in [2.24, 2.45) is 10.2 Å². The zero-order valence-corrected chi connectivity index (χ0v) is 48.0. The fourth-order valence-corrected chi connectivity index (χ4v) is 9.82. The van der Waals surface area contributed by atoms with Crippen LogP contribution in [0.3, 0.4) is 0 Å². The Hall–Kier alpha value is -3.49. The number of carbonyl (C=O) groups excluding carboxylic acids is 3. The molecule has 0 aliphatic heterocycles. The molecule has 6 aromatic carbocycles. The molecular weight excluding hydrogens is 1040 g/mol. The predicted octanol–water partition coefficient (Wildman–Crippen LogP) is -7.44. The molecule has 0 unspecified atom stereocenters. The third kappa shape index (κ3) is 12.5. The average molecular weight is 1060 g/mol. The van der Waals surface area contributed by atoms with Gasteiger partial charge in [0.2, 0.25) is 11.6 Å². The molecule has 70 heavy (non-hydrogen) atoms. The number of hydrazone groups is 2. The van der Waals surface area contributed by atoms with Crippen LogP contribution in [0.4, 0.5) is 27.5 Å². The van der Waals surface area contributed by atoms with Gasteiger partial charge in [-0.3, -0.25) is 20.4 Å². The van der Waals surface area contributed by atoms with Crippen molar-refractivity contribution in [2.75, 3.05) is 21.5 Å². The van der Waals surface area contributed by atoms with E-state index in [2.05, 4.69) is 31.7 Å². The second kappa shape index (κ2) is 22.7. The number of ketones is 2. The maximum Gasteiger partial charge on any atom is 1.00 e. The van der Waals surface area contributed by atoms with Crippen molar-refractivity contribution in [3.05, 3.63) is 141 Å². The summed E-state index contributed by atoms with van der Waals surface area (Å²) >= 11 is 0. The Morgan fingerprint density at radius 2 is 0.786 bits per heavy atom. The zero-order valence-electron chi connectivity index (χ0n) is 36.7. The molecule has 2 aliphatic carbocycles. The van der Waals surface area contributed by atoms with Gasteiger partial charge in [0, 0.05) is 44.0 Å². The standard InChI is InChI=1S/C41H28N6O15S4.4Na/c48-39-25-15-13-23(17-21(25)19-35(65(57,58)59)37(39)46-44-31-9-1-7-29-27(31)5-3-11-33(29)63(51,52)53)42-41(50)43-24-14-16-26-22(18-24)20-36(66(60,61)62)38(40(26)49)47-45-32-10-2-8-30-28(32)6-4-12-34(30)64(54,55)56;;;;/h1-20,44-45H,(H2,42,43,50)(H,51,52,53)(H,54,55,56)(H,57,58,59)(H,60,61,62);;;;/q;4*+1/p-4/b46-37-,47-38+;;;;. The summed E-state index contributed by atoms with van der Waals surface area (Å²) in [5.74, 6) is -2.04. The van der Waals surface area contributed by atoms with Crippen LogP contribution in [0.1, 0.15) is 31.8 Å². The summed E-state index contributed by atoms with van der Waals surface area (Å²) in [6.45, 7) is 0. The van der Waals surface area contributed by atoms with Gasteiger partial charge < -0.3 is 28.8 Å². The van der Waals surface area contributed by atoms with Gasteiger partial charge in [0.25, 0.3) is 0 Å². The van der Waals surface area contributed by atoms with E-state index in [0.717, 1.165) is 24.3 Å². The summed E-state index contributed by atoms with van der Waals surface area (Å²) in [4.78, 5) is 37.2. The molecule has 0 aromatic heterocycles. The molecule has 4 N–H and O–H groups in total. The van der Waals surface area contributed by atoms with Crippen LogP contribution in [-0.4, -0.2) is 80.9 Å². The number of fused-ring (bicyclic) bond motifs is 4. The number of amides is 2. The molecule has 0 radical (unpaired) electrons. The Morgan fingerprint density at radius 3 is 1.13 bits per heavy atom. The van der Waals surface area contributed by atoms with E-state index < -0.39 is 89.1 Å². The summed E-state index contributed by atoms with van der Waals surface area (Å²) < 4.78 is 145. The number of carbonyl (C=O) groups is 3. The Kier molecular flexibility index (Phi) is 19.2. The van der Waals surface area contributed by atoms with Crippen molar-refractivity contribution in [1.82, 2.24) is 0 Å². The first-order valence-electron chi connectivity index (χ1n) is 18.4. The van der Waals surface area contributed by atoms with Crippen LogP contribution < -0.4 is 140 Å². The van der Waals surface area contributed by atoms with Crippen LogP contribution >= 0.6 is 0 Å². The minimum atomic E-state index is -5.38. The normalized spacial score (nSPS) is 14.6. The number of allylic oxidation sites excluding steroid dienone is 2. The van der Waals surface area contributed by atoms with Gasteiger partial charge >= 0.3 is 124 Å². The third-order valence-corrected chi connectivity index (χ3v) is 13.5. The maximum atomic E-state index is 13.6. The minimum Gasteiger partial charge on any atom is -0.744 e. The van der Waals surface area contributed by atoms with Crippen molar-refractivity contribution < 1.29 is 184 Å². The quantitative estimate of drug-likeness (QED) is 0.0562. The van der Waals surface area contributed by atoms with E-state index in [1.54, 1.807) is 0 Å². The summed E-state index contributed by atoms with van der Waals surface area (Å²) in [5, 5.41) is 13.0. The van der Waals surface area contributed by atoms with Gasteiger partial charge in [-0.15, -0.1) is 0 Å². The first-order valence-corrected chi connectivity index (χ1v) is 24.1. The Balaban J connectivity index is 0.00000266. The van der Waals surface area contributed by atoms with Gasteiger partial charge in [0.05, 0.1) is 31.0 Å².